The molecular formula is C26H36F2N7O7P. The van der Waals surface area contributed by atoms with E-state index in [4.69, 9.17) is 24.3 Å². The number of halogens is 2. The van der Waals surface area contributed by atoms with Crippen molar-refractivity contribution in [1.82, 2.24) is 24.6 Å². The van der Waals surface area contributed by atoms with Gasteiger partial charge in [0.2, 0.25) is 5.95 Å². The van der Waals surface area contributed by atoms with Crippen LogP contribution < -0.4 is 20.7 Å². The smallest absolute Gasteiger partial charge is 0.459 e. The van der Waals surface area contributed by atoms with E-state index in [1.807, 2.05) is 13.8 Å². The Bertz CT molecular complexity index is 1490. The zero-order valence-corrected chi connectivity index (χ0v) is 25.4. The molecule has 43 heavy (non-hydrogen) atoms. The van der Waals surface area contributed by atoms with Crippen LogP contribution in [0.4, 0.5) is 20.5 Å². The zero-order chi connectivity index (χ0) is 31.7. The Hall–Kier alpha value is -3.43. The zero-order valence-electron chi connectivity index (χ0n) is 24.5. The summed E-state index contributed by atoms with van der Waals surface area (Å²) < 4.78 is 68.6. The van der Waals surface area contributed by atoms with Crippen LogP contribution in [0.2, 0.25) is 0 Å². The van der Waals surface area contributed by atoms with Crippen molar-refractivity contribution in [2.24, 2.45) is 0 Å². The standard InChI is InChI=1S/C26H36F2N7O7P/c1-14(2)31-19-18-20(33-24(29)32-19)35(13-30-18)23-25(6,27)22(37)26(28,41-23)12-39-43(38,42-17-10-8-7-9-11-17)34-16(5)21(36)40-15(3)4/h7-11,13-16,22-23,37H,12H2,1-6H3,(H,34,38)(H3,29,31,32,33)/t16-,22-,23+,25+,26+,43+/m0/s1. The molecule has 1 aliphatic rings. The Labute approximate surface area is 246 Å². The van der Waals surface area contributed by atoms with Crippen LogP contribution in [0.15, 0.2) is 36.7 Å². The van der Waals surface area contributed by atoms with Crippen molar-refractivity contribution >= 4 is 36.6 Å². The van der Waals surface area contributed by atoms with E-state index in [1.54, 1.807) is 32.0 Å². The second kappa shape index (κ2) is 12.3. The lowest BCUT2D eigenvalue weighted by atomic mass is 9.97. The molecular weight excluding hydrogens is 591 g/mol. The molecule has 17 heteroatoms. The molecule has 0 spiro atoms. The van der Waals surface area contributed by atoms with Crippen LogP contribution in [-0.4, -0.2) is 73.0 Å². The lowest BCUT2D eigenvalue weighted by Gasteiger charge is -2.28. The van der Waals surface area contributed by atoms with Gasteiger partial charge in [-0.25, -0.2) is 18.3 Å². The summed E-state index contributed by atoms with van der Waals surface area (Å²) in [6.45, 7) is 7.97. The van der Waals surface area contributed by atoms with Crippen molar-refractivity contribution in [3.63, 3.8) is 0 Å². The highest BCUT2D eigenvalue weighted by molar-refractivity contribution is 7.52. The summed E-state index contributed by atoms with van der Waals surface area (Å²) in [6.07, 6.45) is -3.58. The van der Waals surface area contributed by atoms with Gasteiger partial charge in [-0.15, -0.1) is 0 Å². The second-order valence-corrected chi connectivity index (χ2v) is 12.6. The van der Waals surface area contributed by atoms with E-state index in [9.17, 15) is 14.5 Å². The largest absolute Gasteiger partial charge is 0.462 e. The minimum absolute atomic E-state index is 0.0131. The molecule has 0 unspecified atom stereocenters. The number of carbonyl (C=O) groups excluding carboxylic acids is 1. The van der Waals surface area contributed by atoms with Gasteiger partial charge in [0, 0.05) is 6.04 Å². The van der Waals surface area contributed by atoms with Gasteiger partial charge in [-0.05, 0) is 53.7 Å². The minimum atomic E-state index is -4.57. The number of nitrogens with two attached hydrogens (primary N) is 1. The van der Waals surface area contributed by atoms with Crippen LogP contribution in [0.3, 0.4) is 0 Å². The minimum Gasteiger partial charge on any atom is -0.462 e. The molecule has 14 nitrogen and oxygen atoms in total. The van der Waals surface area contributed by atoms with Crippen molar-refractivity contribution in [2.45, 2.75) is 83.6 Å². The summed E-state index contributed by atoms with van der Waals surface area (Å²) in [7, 11) is -4.57. The molecule has 1 aliphatic heterocycles. The molecule has 0 radical (unpaired) electrons. The van der Waals surface area contributed by atoms with Crippen molar-refractivity contribution in [1.29, 1.82) is 0 Å². The van der Waals surface area contributed by atoms with E-state index in [-0.39, 0.29) is 34.7 Å². The first-order chi connectivity index (χ1) is 20.0. The number of alkyl halides is 2. The first-order valence-electron chi connectivity index (χ1n) is 13.5. The lowest BCUT2D eigenvalue weighted by molar-refractivity contribution is -0.202. The fraction of sp³-hybridized carbons (Fsp3) is 0.538. The SMILES string of the molecule is CC(C)Nc1nc(N)nc2c1ncn2[C@@H]1O[C@](F)(CO[P@](=O)(N[C@@H](C)C(=O)OC(C)C)Oc2ccccc2)[C@@H](O)[C@@]1(C)F. The Morgan fingerprint density at radius 3 is 2.51 bits per heavy atom. The number of nitrogen functional groups attached to an aromatic ring is 1. The number of anilines is 2. The monoisotopic (exact) mass is 627 g/mol. The fourth-order valence-corrected chi connectivity index (χ4v) is 5.85. The third kappa shape index (κ3) is 7.04. The van der Waals surface area contributed by atoms with E-state index in [2.05, 4.69) is 25.4 Å². The van der Waals surface area contributed by atoms with Gasteiger partial charge in [0.25, 0.3) is 5.85 Å². The average molecular weight is 628 g/mol. The van der Waals surface area contributed by atoms with Gasteiger partial charge in [-0.3, -0.25) is 13.9 Å². The first kappa shape index (κ1) is 32.5. The highest BCUT2D eigenvalue weighted by Gasteiger charge is 2.65. The van der Waals surface area contributed by atoms with Gasteiger partial charge >= 0.3 is 13.7 Å². The van der Waals surface area contributed by atoms with Crippen molar-refractivity contribution in [3.05, 3.63) is 36.7 Å². The summed E-state index contributed by atoms with van der Waals surface area (Å²) in [6, 6.07) is 6.47. The van der Waals surface area contributed by atoms with E-state index in [0.717, 1.165) is 17.8 Å². The first-order valence-corrected chi connectivity index (χ1v) is 15.1. The predicted molar refractivity (Wildman–Crippen MR) is 152 cm³/mol. The van der Waals surface area contributed by atoms with Gasteiger partial charge in [0.15, 0.2) is 35.0 Å². The Morgan fingerprint density at radius 1 is 1.21 bits per heavy atom. The topological polar surface area (TPSA) is 185 Å². The van der Waals surface area contributed by atoms with Crippen LogP contribution in [0, 0.1) is 0 Å². The molecule has 3 heterocycles. The number of carbonyl (C=O) groups is 1. The Morgan fingerprint density at radius 2 is 1.88 bits per heavy atom. The Balaban J connectivity index is 1.62. The van der Waals surface area contributed by atoms with Crippen molar-refractivity contribution in [2.75, 3.05) is 17.7 Å². The summed E-state index contributed by atoms with van der Waals surface area (Å²) in [4.78, 5) is 24.8. The quantitative estimate of drug-likeness (QED) is 0.169. The summed E-state index contributed by atoms with van der Waals surface area (Å²) in [5.41, 5.74) is 3.30. The molecule has 0 saturated carbocycles. The number of ether oxygens (including phenoxy) is 2. The van der Waals surface area contributed by atoms with Gasteiger partial charge < -0.3 is 30.2 Å². The number of aromatic nitrogens is 4. The highest BCUT2D eigenvalue weighted by atomic mass is 31.2. The fourth-order valence-electron chi connectivity index (χ4n) is 4.35. The molecule has 1 aromatic carbocycles. The van der Waals surface area contributed by atoms with Crippen LogP contribution in [0.1, 0.15) is 47.8 Å². The van der Waals surface area contributed by atoms with Crippen molar-refractivity contribution in [3.8, 4) is 5.75 Å². The molecule has 5 N–H and O–H groups in total. The molecule has 2 aromatic heterocycles. The van der Waals surface area contributed by atoms with Gasteiger partial charge in [0.05, 0.1) is 12.4 Å². The van der Waals surface area contributed by atoms with Crippen molar-refractivity contribution < 1.29 is 41.8 Å². The van der Waals surface area contributed by atoms with Crippen LogP contribution >= 0.6 is 7.75 Å². The van der Waals surface area contributed by atoms with Gasteiger partial charge in [-0.1, -0.05) is 18.2 Å². The number of benzene rings is 1. The molecule has 6 atom stereocenters. The molecule has 0 aliphatic carbocycles. The molecule has 1 saturated heterocycles. The number of nitrogens with zero attached hydrogens (tertiary/aromatic N) is 4. The Kier molecular flexibility index (Phi) is 9.28. The summed E-state index contributed by atoms with van der Waals surface area (Å²) >= 11 is 0. The van der Waals surface area contributed by atoms with E-state index in [1.165, 1.54) is 19.1 Å². The van der Waals surface area contributed by atoms with Crippen LogP contribution in [0.5, 0.6) is 5.75 Å². The third-order valence-corrected chi connectivity index (χ3v) is 7.93. The van der Waals surface area contributed by atoms with Gasteiger partial charge in [0.1, 0.15) is 18.4 Å². The van der Waals surface area contributed by atoms with Gasteiger partial charge in [-0.2, -0.15) is 15.1 Å². The number of imidazole rings is 1. The number of aliphatic hydroxyl groups excluding tert-OH is 1. The number of fused-ring (bicyclic) bond motifs is 1. The normalized spacial score (nSPS) is 26.0. The maximum absolute atomic E-state index is 16.3. The van der Waals surface area contributed by atoms with E-state index < -0.39 is 56.3 Å². The molecule has 1 fully saturated rings. The number of esters is 1. The highest BCUT2D eigenvalue weighted by Crippen LogP contribution is 2.52. The van der Waals surface area contributed by atoms with E-state index >= 15 is 8.78 Å². The number of rotatable bonds is 12. The number of para-hydroxylation sites is 1. The number of hydrogen-bond donors (Lipinski definition) is 4. The lowest BCUT2D eigenvalue weighted by Crippen LogP contribution is -2.47. The number of aliphatic hydroxyl groups is 1. The second-order valence-electron chi connectivity index (χ2n) is 10.9. The number of nitrogens with one attached hydrogen (secondary N) is 2. The van der Waals surface area contributed by atoms with Crippen LogP contribution in [0.25, 0.3) is 11.2 Å². The molecule has 0 amide bonds. The van der Waals surface area contributed by atoms with Crippen LogP contribution in [-0.2, 0) is 23.4 Å². The predicted octanol–water partition coefficient (Wildman–Crippen LogP) is 3.65. The summed E-state index contributed by atoms with van der Waals surface area (Å²) in [5.74, 6) is -3.87. The molecule has 4 rings (SSSR count). The maximum atomic E-state index is 16.3. The maximum Gasteiger partial charge on any atom is 0.459 e. The molecule has 3 aromatic rings. The molecule has 0 bridgehead atoms. The van der Waals surface area contributed by atoms with E-state index in [0.29, 0.717) is 0 Å². The molecule has 236 valence electrons. The number of hydrogen-bond acceptors (Lipinski definition) is 12. The summed E-state index contributed by atoms with van der Waals surface area (Å²) in [5, 5.41) is 16.3. The average Bonchev–Trinajstić information content (AvgIpc) is 3.40. The third-order valence-electron chi connectivity index (χ3n) is 6.31.